The number of hydrogen-bond donors (Lipinski definition) is 3. The number of amides is 1. The Morgan fingerprint density at radius 3 is 2.37 bits per heavy atom. The minimum absolute atomic E-state index is 0.122. The van der Waals surface area contributed by atoms with E-state index in [-0.39, 0.29) is 23.6 Å². The van der Waals surface area contributed by atoms with Crippen LogP contribution in [0.5, 0.6) is 0 Å². The molecule has 4 rings (SSSR count). The Kier molecular flexibility index (Phi) is 7.69. The highest BCUT2D eigenvalue weighted by Gasteiger charge is 2.34. The van der Waals surface area contributed by atoms with Crippen LogP contribution in [0.25, 0.3) is 0 Å². The van der Waals surface area contributed by atoms with E-state index in [1.54, 1.807) is 18.2 Å². The van der Waals surface area contributed by atoms with Crippen LogP contribution in [0.15, 0.2) is 83.8 Å². The molecule has 3 aromatic carbocycles. The summed E-state index contributed by atoms with van der Waals surface area (Å²) in [6.45, 7) is 0. The summed E-state index contributed by atoms with van der Waals surface area (Å²) in [6, 6.07) is 23.4. The van der Waals surface area contributed by atoms with Gasteiger partial charge in [0.15, 0.2) is 9.84 Å². The first-order valence-corrected chi connectivity index (χ1v) is 13.7. The Morgan fingerprint density at radius 1 is 0.971 bits per heavy atom. The van der Waals surface area contributed by atoms with Crippen LogP contribution in [0.1, 0.15) is 34.7 Å². The van der Waals surface area contributed by atoms with E-state index in [9.17, 15) is 23.4 Å². The van der Waals surface area contributed by atoms with Gasteiger partial charge in [-0.05, 0) is 47.6 Å². The quantitative estimate of drug-likeness (QED) is 0.425. The summed E-state index contributed by atoms with van der Waals surface area (Å²) < 4.78 is 24.3. The number of benzene rings is 3. The van der Waals surface area contributed by atoms with Crippen molar-refractivity contribution in [3.63, 3.8) is 0 Å². The Labute approximate surface area is 206 Å². The maximum absolute atomic E-state index is 13.4. The van der Waals surface area contributed by atoms with Crippen molar-refractivity contribution in [2.45, 2.75) is 48.8 Å². The monoisotopic (exact) mass is 493 g/mol. The van der Waals surface area contributed by atoms with Crippen molar-refractivity contribution in [1.29, 1.82) is 0 Å². The van der Waals surface area contributed by atoms with E-state index in [4.69, 9.17) is 0 Å². The van der Waals surface area contributed by atoms with Crippen LogP contribution in [0, 0.1) is 5.92 Å². The highest BCUT2D eigenvalue weighted by Crippen LogP contribution is 2.32. The SMILES string of the molecule is CS(=O)(=O)c1ccccc1C[C@@H](O)C[C@H](Cc1ccccc1)C(=O)NC1c2ccccc2C[C@H]1O. The first-order chi connectivity index (χ1) is 16.7. The number of hydrogen-bond acceptors (Lipinski definition) is 5. The molecule has 1 aliphatic rings. The normalized spacial score (nSPS) is 19.1. The number of carbonyl (C=O) groups is 1. The van der Waals surface area contributed by atoms with Crippen LogP contribution in [0.2, 0.25) is 0 Å². The zero-order chi connectivity index (χ0) is 25.0. The lowest BCUT2D eigenvalue weighted by Crippen LogP contribution is -2.39. The maximum Gasteiger partial charge on any atom is 0.224 e. The average molecular weight is 494 g/mol. The summed E-state index contributed by atoms with van der Waals surface area (Å²) >= 11 is 0. The van der Waals surface area contributed by atoms with Gasteiger partial charge in [0.25, 0.3) is 0 Å². The molecule has 0 bridgehead atoms. The third-order valence-electron chi connectivity index (χ3n) is 6.58. The molecule has 6 nitrogen and oxygen atoms in total. The lowest BCUT2D eigenvalue weighted by molar-refractivity contribution is -0.127. The van der Waals surface area contributed by atoms with Crippen LogP contribution < -0.4 is 5.32 Å². The van der Waals surface area contributed by atoms with Crippen molar-refractivity contribution < 1.29 is 23.4 Å². The smallest absolute Gasteiger partial charge is 0.224 e. The predicted octanol–water partition coefficient (Wildman–Crippen LogP) is 3.02. The number of carbonyl (C=O) groups excluding carboxylic acids is 1. The Bertz CT molecular complexity index is 1280. The zero-order valence-electron chi connectivity index (χ0n) is 19.7. The van der Waals surface area contributed by atoms with Crippen LogP contribution in [0.3, 0.4) is 0 Å². The summed E-state index contributed by atoms with van der Waals surface area (Å²) in [5.74, 6) is -0.803. The van der Waals surface area contributed by atoms with E-state index < -0.39 is 34.0 Å². The lowest BCUT2D eigenvalue weighted by Gasteiger charge is -2.24. The van der Waals surface area contributed by atoms with Crippen molar-refractivity contribution in [2.75, 3.05) is 6.26 Å². The van der Waals surface area contributed by atoms with E-state index >= 15 is 0 Å². The molecule has 7 heteroatoms. The molecule has 0 heterocycles. The van der Waals surface area contributed by atoms with Gasteiger partial charge >= 0.3 is 0 Å². The van der Waals surface area contributed by atoms with Crippen LogP contribution in [-0.2, 0) is 33.9 Å². The molecule has 0 aromatic heterocycles. The van der Waals surface area contributed by atoms with Crippen molar-refractivity contribution in [3.8, 4) is 0 Å². The number of nitrogens with one attached hydrogen (secondary N) is 1. The summed E-state index contributed by atoms with van der Waals surface area (Å²) in [5, 5.41) is 24.5. The molecule has 1 aliphatic carbocycles. The Morgan fingerprint density at radius 2 is 1.63 bits per heavy atom. The van der Waals surface area contributed by atoms with Gasteiger partial charge in [0, 0.05) is 18.6 Å². The first kappa shape index (κ1) is 25.1. The van der Waals surface area contributed by atoms with E-state index in [0.29, 0.717) is 18.4 Å². The van der Waals surface area contributed by atoms with Gasteiger partial charge in [-0.2, -0.15) is 0 Å². The highest BCUT2D eigenvalue weighted by atomic mass is 32.2. The molecule has 4 atom stereocenters. The molecule has 184 valence electrons. The number of rotatable bonds is 9. The minimum Gasteiger partial charge on any atom is -0.393 e. The summed E-state index contributed by atoms with van der Waals surface area (Å²) in [4.78, 5) is 13.6. The van der Waals surface area contributed by atoms with Crippen molar-refractivity contribution in [2.24, 2.45) is 5.92 Å². The maximum atomic E-state index is 13.4. The molecule has 0 saturated heterocycles. The van der Waals surface area contributed by atoms with Gasteiger partial charge in [-0.15, -0.1) is 0 Å². The fraction of sp³-hybridized carbons (Fsp3) is 0.321. The molecular formula is C28H31NO5S. The van der Waals surface area contributed by atoms with Gasteiger partial charge in [0.1, 0.15) is 0 Å². The number of fused-ring (bicyclic) bond motifs is 1. The molecule has 0 radical (unpaired) electrons. The average Bonchev–Trinajstić information content (AvgIpc) is 3.14. The van der Waals surface area contributed by atoms with Crippen LogP contribution >= 0.6 is 0 Å². The van der Waals surface area contributed by atoms with E-state index in [1.807, 2.05) is 54.6 Å². The Balaban J connectivity index is 1.53. The second kappa shape index (κ2) is 10.7. The predicted molar refractivity (Wildman–Crippen MR) is 135 cm³/mol. The van der Waals surface area contributed by atoms with Gasteiger partial charge in [0.05, 0.1) is 23.1 Å². The number of aliphatic hydroxyl groups is 2. The molecular weight excluding hydrogens is 462 g/mol. The summed E-state index contributed by atoms with van der Waals surface area (Å²) in [5.41, 5.74) is 3.42. The molecule has 1 unspecified atom stereocenters. The fourth-order valence-corrected chi connectivity index (χ4v) is 5.85. The number of aliphatic hydroxyl groups excluding tert-OH is 2. The largest absolute Gasteiger partial charge is 0.393 e. The lowest BCUT2D eigenvalue weighted by atomic mass is 9.90. The van der Waals surface area contributed by atoms with Crippen LogP contribution in [0.4, 0.5) is 0 Å². The molecule has 0 aliphatic heterocycles. The third-order valence-corrected chi connectivity index (χ3v) is 7.78. The standard InChI is InChI=1S/C28H31NO5S/c1-35(33,34)26-14-8-6-12-21(26)16-23(30)17-22(15-19-9-3-2-4-10-19)28(32)29-27-24-13-7-5-11-20(24)18-25(27)31/h2-14,22-23,25,27,30-31H,15-18H2,1H3,(H,29,32)/t22-,23+,25+,27?/m0/s1. The molecule has 3 N–H and O–H groups in total. The minimum atomic E-state index is -3.44. The molecule has 35 heavy (non-hydrogen) atoms. The van der Waals surface area contributed by atoms with Gasteiger partial charge in [0.2, 0.25) is 5.91 Å². The molecule has 1 amide bonds. The van der Waals surface area contributed by atoms with E-state index in [2.05, 4.69) is 5.32 Å². The topological polar surface area (TPSA) is 104 Å². The number of sulfone groups is 1. The third kappa shape index (κ3) is 6.17. The van der Waals surface area contributed by atoms with Crippen molar-refractivity contribution >= 4 is 15.7 Å². The zero-order valence-corrected chi connectivity index (χ0v) is 20.5. The molecule has 0 saturated carbocycles. The highest BCUT2D eigenvalue weighted by molar-refractivity contribution is 7.90. The summed E-state index contributed by atoms with van der Waals surface area (Å²) in [6.07, 6.45) is 0.699. The van der Waals surface area contributed by atoms with Crippen molar-refractivity contribution in [3.05, 3.63) is 101 Å². The summed E-state index contributed by atoms with van der Waals surface area (Å²) in [7, 11) is -3.44. The van der Waals surface area contributed by atoms with Gasteiger partial charge in [-0.25, -0.2) is 8.42 Å². The fourth-order valence-electron chi connectivity index (χ4n) is 4.90. The molecule has 3 aromatic rings. The van der Waals surface area contributed by atoms with E-state index in [0.717, 1.165) is 22.9 Å². The molecule has 0 spiro atoms. The Hall–Kier alpha value is -3.00. The van der Waals surface area contributed by atoms with Gasteiger partial charge in [-0.1, -0.05) is 72.8 Å². The molecule has 0 fully saturated rings. The second-order valence-corrected chi connectivity index (χ2v) is 11.3. The van der Waals surface area contributed by atoms with Gasteiger partial charge < -0.3 is 15.5 Å². The van der Waals surface area contributed by atoms with Crippen molar-refractivity contribution in [1.82, 2.24) is 5.32 Å². The van der Waals surface area contributed by atoms with Gasteiger partial charge in [-0.3, -0.25) is 4.79 Å². The first-order valence-electron chi connectivity index (χ1n) is 11.8. The second-order valence-electron chi connectivity index (χ2n) is 9.32. The van der Waals surface area contributed by atoms with E-state index in [1.165, 1.54) is 6.07 Å². The van der Waals surface area contributed by atoms with Crippen LogP contribution in [-0.4, -0.2) is 43.0 Å².